The molecule has 2 atom stereocenters. The highest BCUT2D eigenvalue weighted by Crippen LogP contribution is 2.38. The Morgan fingerprint density at radius 2 is 2.00 bits per heavy atom. The summed E-state index contributed by atoms with van der Waals surface area (Å²) in [4.78, 5) is 10.7. The van der Waals surface area contributed by atoms with Crippen LogP contribution in [0.5, 0.6) is 17.2 Å². The van der Waals surface area contributed by atoms with Crippen molar-refractivity contribution < 1.29 is 30.0 Å². The maximum absolute atomic E-state index is 10.7. The minimum Gasteiger partial charge on any atom is -0.504 e. The summed E-state index contributed by atoms with van der Waals surface area (Å²) in [5.74, 6) is -1.28. The molecular weight excluding hydrogens is 254 g/mol. The van der Waals surface area contributed by atoms with Crippen molar-refractivity contribution in [1.29, 1.82) is 0 Å². The van der Waals surface area contributed by atoms with Gasteiger partial charge in [-0.05, 0) is 17.7 Å². The number of phenolic OH excluding ortho intramolecular Hbond substituents is 2. The lowest BCUT2D eigenvalue weighted by atomic mass is 10.0. The highest BCUT2D eigenvalue weighted by atomic mass is 16.5. The van der Waals surface area contributed by atoms with Gasteiger partial charge >= 0.3 is 0 Å². The summed E-state index contributed by atoms with van der Waals surface area (Å²) >= 11 is 0. The van der Waals surface area contributed by atoms with Crippen molar-refractivity contribution >= 4 is 5.91 Å². The van der Waals surface area contributed by atoms with Crippen LogP contribution in [0.1, 0.15) is 18.6 Å². The van der Waals surface area contributed by atoms with Gasteiger partial charge in [0.2, 0.25) is 11.7 Å². The van der Waals surface area contributed by atoms with Gasteiger partial charge < -0.3 is 30.5 Å². The maximum Gasteiger partial charge on any atom is 0.216 e. The number of aliphatic hydroxyl groups excluding tert-OH is 2. The van der Waals surface area contributed by atoms with E-state index in [1.54, 1.807) is 0 Å². The van der Waals surface area contributed by atoms with Crippen molar-refractivity contribution in [2.24, 2.45) is 0 Å². The van der Waals surface area contributed by atoms with Gasteiger partial charge in [-0.3, -0.25) is 4.79 Å². The predicted molar refractivity (Wildman–Crippen MR) is 66.0 cm³/mol. The number of methoxy groups -OCH3 is 1. The summed E-state index contributed by atoms with van der Waals surface area (Å²) in [6.07, 6.45) is -2.59. The van der Waals surface area contributed by atoms with Gasteiger partial charge in [0.15, 0.2) is 11.5 Å². The van der Waals surface area contributed by atoms with E-state index in [-0.39, 0.29) is 23.8 Å². The lowest BCUT2D eigenvalue weighted by Crippen LogP contribution is -2.34. The van der Waals surface area contributed by atoms with Crippen LogP contribution in [0.3, 0.4) is 0 Å². The van der Waals surface area contributed by atoms with Crippen molar-refractivity contribution in [3.05, 3.63) is 17.7 Å². The van der Waals surface area contributed by atoms with Crippen molar-refractivity contribution in [3.63, 3.8) is 0 Å². The van der Waals surface area contributed by atoms with E-state index < -0.39 is 23.7 Å². The molecule has 1 rings (SSSR count). The van der Waals surface area contributed by atoms with Gasteiger partial charge in [0.1, 0.15) is 12.2 Å². The number of nitrogens with one attached hydrogen (secondary N) is 1. The zero-order valence-corrected chi connectivity index (χ0v) is 10.6. The number of phenols is 2. The number of amides is 1. The van der Waals surface area contributed by atoms with E-state index in [2.05, 4.69) is 5.32 Å². The van der Waals surface area contributed by atoms with Gasteiger partial charge in [-0.25, -0.2) is 0 Å². The molecule has 0 aliphatic heterocycles. The first-order valence-corrected chi connectivity index (χ1v) is 5.57. The average molecular weight is 271 g/mol. The summed E-state index contributed by atoms with van der Waals surface area (Å²) in [6.45, 7) is 1.15. The third kappa shape index (κ3) is 3.73. The molecule has 0 saturated heterocycles. The lowest BCUT2D eigenvalue weighted by Gasteiger charge is -2.19. The third-order valence-corrected chi connectivity index (χ3v) is 2.56. The topological polar surface area (TPSA) is 119 Å². The first kappa shape index (κ1) is 15.1. The summed E-state index contributed by atoms with van der Waals surface area (Å²) in [5.41, 5.74) is 0.157. The summed E-state index contributed by atoms with van der Waals surface area (Å²) in [5, 5.41) is 40.9. The largest absolute Gasteiger partial charge is 0.504 e. The first-order chi connectivity index (χ1) is 8.86. The smallest absolute Gasteiger partial charge is 0.216 e. The third-order valence-electron chi connectivity index (χ3n) is 2.56. The number of carbonyl (C=O) groups excluding carboxylic acids is 1. The second kappa shape index (κ2) is 6.26. The van der Waals surface area contributed by atoms with E-state index in [9.17, 15) is 25.2 Å². The average Bonchev–Trinajstić information content (AvgIpc) is 2.37. The molecule has 0 bridgehead atoms. The van der Waals surface area contributed by atoms with Crippen LogP contribution in [0.4, 0.5) is 0 Å². The second-order valence-corrected chi connectivity index (χ2v) is 4.04. The van der Waals surface area contributed by atoms with Crippen LogP contribution in [0.2, 0.25) is 0 Å². The number of benzene rings is 1. The molecule has 1 aromatic rings. The molecule has 106 valence electrons. The molecule has 0 heterocycles. The van der Waals surface area contributed by atoms with Crippen molar-refractivity contribution in [2.75, 3.05) is 13.7 Å². The quantitative estimate of drug-likeness (QED) is 0.466. The molecule has 7 heteroatoms. The van der Waals surface area contributed by atoms with Crippen molar-refractivity contribution in [3.8, 4) is 17.2 Å². The molecule has 0 saturated carbocycles. The molecule has 7 nitrogen and oxygen atoms in total. The van der Waals surface area contributed by atoms with Crippen LogP contribution in [0, 0.1) is 0 Å². The van der Waals surface area contributed by atoms with E-state index >= 15 is 0 Å². The van der Waals surface area contributed by atoms with Gasteiger partial charge in [-0.2, -0.15) is 0 Å². The zero-order chi connectivity index (χ0) is 14.6. The zero-order valence-electron chi connectivity index (χ0n) is 10.6. The van der Waals surface area contributed by atoms with Crippen LogP contribution < -0.4 is 10.1 Å². The normalized spacial score (nSPS) is 13.7. The molecule has 0 radical (unpaired) electrons. The molecule has 19 heavy (non-hydrogen) atoms. The monoisotopic (exact) mass is 271 g/mol. The number of rotatable bonds is 5. The molecule has 0 spiro atoms. The van der Waals surface area contributed by atoms with E-state index in [1.807, 2.05) is 0 Å². The minimum atomic E-state index is -1.34. The molecule has 0 aliphatic rings. The van der Waals surface area contributed by atoms with Crippen molar-refractivity contribution in [2.45, 2.75) is 19.1 Å². The Balaban J connectivity index is 2.90. The highest BCUT2D eigenvalue weighted by molar-refractivity contribution is 5.72. The Bertz CT molecular complexity index is 462. The summed E-state index contributed by atoms with van der Waals surface area (Å²) in [6, 6.07) is 2.40. The van der Waals surface area contributed by atoms with Gasteiger partial charge in [0, 0.05) is 13.5 Å². The lowest BCUT2D eigenvalue weighted by molar-refractivity contribution is -0.119. The Morgan fingerprint density at radius 3 is 2.53 bits per heavy atom. The van der Waals surface area contributed by atoms with Gasteiger partial charge in [0.25, 0.3) is 0 Å². The van der Waals surface area contributed by atoms with Gasteiger partial charge in [-0.15, -0.1) is 0 Å². The Labute approximate surface area is 110 Å². The molecule has 1 aromatic carbocycles. The van der Waals surface area contributed by atoms with Crippen LogP contribution in [-0.4, -0.2) is 46.1 Å². The number of carbonyl (C=O) groups is 1. The molecule has 0 fully saturated rings. The fourth-order valence-electron chi connectivity index (χ4n) is 1.52. The Morgan fingerprint density at radius 1 is 1.37 bits per heavy atom. The summed E-state index contributed by atoms with van der Waals surface area (Å²) in [7, 11) is 1.29. The fraction of sp³-hybridized carbons (Fsp3) is 0.417. The van der Waals surface area contributed by atoms with E-state index in [1.165, 1.54) is 20.1 Å². The number of hydrogen-bond donors (Lipinski definition) is 5. The molecule has 0 aliphatic carbocycles. The Kier molecular flexibility index (Phi) is 4.96. The van der Waals surface area contributed by atoms with Crippen LogP contribution in [-0.2, 0) is 4.79 Å². The second-order valence-electron chi connectivity index (χ2n) is 4.04. The molecule has 0 aromatic heterocycles. The molecule has 2 unspecified atom stereocenters. The van der Waals surface area contributed by atoms with Crippen LogP contribution in [0.15, 0.2) is 12.1 Å². The number of hydrogen-bond acceptors (Lipinski definition) is 6. The Hall–Kier alpha value is -1.99. The van der Waals surface area contributed by atoms with E-state index in [4.69, 9.17) is 4.74 Å². The predicted octanol–water partition coefficient (Wildman–Crippen LogP) is -0.363. The van der Waals surface area contributed by atoms with E-state index in [0.717, 1.165) is 6.07 Å². The van der Waals surface area contributed by atoms with E-state index in [0.29, 0.717) is 0 Å². The van der Waals surface area contributed by atoms with Crippen LogP contribution >= 0.6 is 0 Å². The first-order valence-electron chi connectivity index (χ1n) is 5.57. The van der Waals surface area contributed by atoms with Crippen LogP contribution in [0.25, 0.3) is 0 Å². The van der Waals surface area contributed by atoms with Gasteiger partial charge in [0.05, 0.1) is 7.11 Å². The standard InChI is InChI=1S/C12H17NO6/c1-6(14)13-5-9(16)11(17)7-3-8(15)12(18)10(4-7)19-2/h3-4,9,11,15-18H,5H2,1-2H3,(H,13,14). The molecular formula is C12H17NO6. The SMILES string of the molecule is COc1cc(C(O)C(O)CNC(C)=O)cc(O)c1O. The number of aliphatic hydroxyl groups is 2. The van der Waals surface area contributed by atoms with Gasteiger partial charge in [-0.1, -0.05) is 0 Å². The fourth-order valence-corrected chi connectivity index (χ4v) is 1.52. The maximum atomic E-state index is 10.7. The number of aromatic hydroxyl groups is 2. The van der Waals surface area contributed by atoms with Crippen molar-refractivity contribution in [1.82, 2.24) is 5.32 Å². The molecule has 5 N–H and O–H groups in total. The minimum absolute atomic E-state index is 0.0271. The molecule has 1 amide bonds. The summed E-state index contributed by atoms with van der Waals surface area (Å²) < 4.78 is 4.82. The highest BCUT2D eigenvalue weighted by Gasteiger charge is 2.21. The number of ether oxygens (including phenoxy) is 1.